The molecule has 34 heavy (non-hydrogen) atoms. The average Bonchev–Trinajstić information content (AvgIpc) is 3.07. The number of piperidine rings is 2. The Bertz CT molecular complexity index is 1190. The zero-order valence-electron chi connectivity index (χ0n) is 19.4. The number of ether oxygens (including phenoxy) is 1. The third-order valence-corrected chi connectivity index (χ3v) is 7.46. The first kappa shape index (κ1) is 22.5. The summed E-state index contributed by atoms with van der Waals surface area (Å²) in [5, 5.41) is 15.8. The highest BCUT2D eigenvalue weighted by Crippen LogP contribution is 2.38. The number of esters is 1. The van der Waals surface area contributed by atoms with Crippen molar-refractivity contribution in [2.45, 2.75) is 69.7 Å². The van der Waals surface area contributed by atoms with Crippen LogP contribution in [0.2, 0.25) is 0 Å². The van der Waals surface area contributed by atoms with E-state index >= 15 is 4.39 Å². The monoisotopic (exact) mass is 461 g/mol. The van der Waals surface area contributed by atoms with E-state index < -0.39 is 17.5 Å². The lowest BCUT2D eigenvalue weighted by Crippen LogP contribution is -2.59. The summed E-state index contributed by atoms with van der Waals surface area (Å²) in [7, 11) is 0. The maximum atomic E-state index is 15.0. The van der Waals surface area contributed by atoms with Crippen molar-refractivity contribution in [2.75, 3.05) is 0 Å². The van der Waals surface area contributed by atoms with E-state index in [1.165, 1.54) is 6.07 Å². The fraction of sp³-hybridized carbons (Fsp3) is 0.444. The lowest BCUT2D eigenvalue weighted by atomic mass is 9.76. The number of nitrogens with zero attached hydrogens (tertiary/aromatic N) is 1. The van der Waals surface area contributed by atoms with Crippen LogP contribution in [-0.2, 0) is 21.6 Å². The van der Waals surface area contributed by atoms with Gasteiger partial charge in [-0.25, -0.2) is 9.18 Å². The number of cyclic esters (lactones) is 1. The summed E-state index contributed by atoms with van der Waals surface area (Å²) in [4.78, 5) is 24.8. The standard InChI is InChI=1S/C27H28FN3O3/c1-27(2)22-12-16(7-10-21(22)26(33)34-27)17-3-4-18(23(28)13-17)11-20(14-29)31-25(32)24-15-5-8-19(30-24)9-6-15/h3-4,7,10,12-13,15,19-20,24,30H,5-6,8-9,11H2,1-2H3,(H,31,32)/t15?,19?,20-,24?/m0/s1. The molecule has 6 rings (SSSR count). The molecule has 3 aliphatic heterocycles. The minimum absolute atomic E-state index is 0.0920. The van der Waals surface area contributed by atoms with Gasteiger partial charge in [-0.2, -0.15) is 5.26 Å². The van der Waals surface area contributed by atoms with Gasteiger partial charge in [0.25, 0.3) is 0 Å². The molecule has 7 heteroatoms. The van der Waals surface area contributed by atoms with E-state index in [1.54, 1.807) is 24.3 Å². The van der Waals surface area contributed by atoms with Gasteiger partial charge in [0, 0.05) is 18.0 Å². The second-order valence-electron chi connectivity index (χ2n) is 10.1. The van der Waals surface area contributed by atoms with Gasteiger partial charge in [-0.3, -0.25) is 4.79 Å². The molecular formula is C27H28FN3O3. The molecule has 0 aromatic heterocycles. The van der Waals surface area contributed by atoms with Crippen LogP contribution in [0.15, 0.2) is 36.4 Å². The van der Waals surface area contributed by atoms with Gasteiger partial charge in [-0.05, 0) is 80.3 Å². The van der Waals surface area contributed by atoms with Crippen LogP contribution < -0.4 is 10.6 Å². The van der Waals surface area contributed by atoms with Crippen molar-refractivity contribution in [1.82, 2.24) is 10.6 Å². The van der Waals surface area contributed by atoms with Crippen molar-refractivity contribution in [3.05, 3.63) is 58.9 Å². The topological polar surface area (TPSA) is 91.2 Å². The Morgan fingerprint density at radius 1 is 1.21 bits per heavy atom. The molecule has 0 spiro atoms. The van der Waals surface area contributed by atoms with Crippen LogP contribution in [0.25, 0.3) is 11.1 Å². The molecule has 2 aromatic rings. The largest absolute Gasteiger partial charge is 0.451 e. The number of nitriles is 1. The van der Waals surface area contributed by atoms with Gasteiger partial charge in [-0.1, -0.05) is 18.2 Å². The smallest absolute Gasteiger partial charge is 0.339 e. The highest BCUT2D eigenvalue weighted by molar-refractivity contribution is 5.95. The molecule has 3 fully saturated rings. The molecule has 2 aromatic carbocycles. The van der Waals surface area contributed by atoms with Gasteiger partial charge in [0.1, 0.15) is 17.5 Å². The Morgan fingerprint density at radius 2 is 1.91 bits per heavy atom. The normalized spacial score (nSPS) is 25.2. The highest BCUT2D eigenvalue weighted by Gasteiger charge is 2.40. The van der Waals surface area contributed by atoms with Crippen molar-refractivity contribution in [1.29, 1.82) is 5.26 Å². The van der Waals surface area contributed by atoms with Crippen LogP contribution in [0.3, 0.4) is 0 Å². The quantitative estimate of drug-likeness (QED) is 0.658. The van der Waals surface area contributed by atoms with E-state index in [2.05, 4.69) is 16.7 Å². The summed E-state index contributed by atoms with van der Waals surface area (Å²) >= 11 is 0. The van der Waals surface area contributed by atoms with Crippen molar-refractivity contribution < 1.29 is 18.7 Å². The van der Waals surface area contributed by atoms with Crippen LogP contribution in [0.5, 0.6) is 0 Å². The van der Waals surface area contributed by atoms with E-state index in [9.17, 15) is 14.9 Å². The van der Waals surface area contributed by atoms with Crippen LogP contribution >= 0.6 is 0 Å². The fourth-order valence-corrected chi connectivity index (χ4v) is 5.54. The number of hydrogen-bond acceptors (Lipinski definition) is 5. The predicted molar refractivity (Wildman–Crippen MR) is 124 cm³/mol. The summed E-state index contributed by atoms with van der Waals surface area (Å²) in [5.41, 5.74) is 2.38. The molecular weight excluding hydrogens is 433 g/mol. The molecule has 1 saturated carbocycles. The van der Waals surface area contributed by atoms with Gasteiger partial charge in [0.05, 0.1) is 17.7 Å². The molecule has 1 aliphatic carbocycles. The maximum Gasteiger partial charge on any atom is 0.339 e. The molecule has 176 valence electrons. The Kier molecular flexibility index (Phi) is 5.65. The summed E-state index contributed by atoms with van der Waals surface area (Å²) in [6.07, 6.45) is 4.35. The minimum atomic E-state index is -0.806. The third-order valence-electron chi connectivity index (χ3n) is 7.46. The number of halogens is 1. The Hall–Kier alpha value is -3.24. The van der Waals surface area contributed by atoms with E-state index in [-0.39, 0.29) is 24.3 Å². The van der Waals surface area contributed by atoms with Crippen molar-refractivity contribution in [2.24, 2.45) is 5.92 Å². The molecule has 2 bridgehead atoms. The van der Waals surface area contributed by atoms with E-state index in [0.717, 1.165) is 36.8 Å². The number of carbonyl (C=O) groups is 2. The first-order valence-corrected chi connectivity index (χ1v) is 11.9. The minimum Gasteiger partial charge on any atom is -0.451 e. The van der Waals surface area contributed by atoms with E-state index in [0.29, 0.717) is 28.7 Å². The van der Waals surface area contributed by atoms with Gasteiger partial charge in [0.2, 0.25) is 5.91 Å². The van der Waals surface area contributed by atoms with Gasteiger partial charge < -0.3 is 15.4 Å². The van der Waals surface area contributed by atoms with Gasteiger partial charge >= 0.3 is 5.97 Å². The molecule has 2 N–H and O–H groups in total. The molecule has 4 aliphatic rings. The number of benzene rings is 2. The van der Waals surface area contributed by atoms with E-state index in [4.69, 9.17) is 4.74 Å². The number of fused-ring (bicyclic) bond motifs is 4. The Morgan fingerprint density at radius 3 is 2.56 bits per heavy atom. The second kappa shape index (κ2) is 8.52. The SMILES string of the molecule is CC1(C)OC(=O)c2ccc(-c3ccc(C[C@@H](C#N)NC(=O)C4NC5CCC4CC5)c(F)c3)cc21. The first-order chi connectivity index (χ1) is 16.2. The van der Waals surface area contributed by atoms with Crippen molar-refractivity contribution in [3.63, 3.8) is 0 Å². The first-order valence-electron chi connectivity index (χ1n) is 11.9. The molecule has 2 saturated heterocycles. The number of hydrogen-bond donors (Lipinski definition) is 2. The molecule has 1 unspecified atom stereocenters. The Labute approximate surface area is 198 Å². The average molecular weight is 462 g/mol. The lowest BCUT2D eigenvalue weighted by Gasteiger charge is -2.42. The highest BCUT2D eigenvalue weighted by atomic mass is 19.1. The number of amides is 1. The van der Waals surface area contributed by atoms with Crippen LogP contribution in [0, 0.1) is 23.1 Å². The van der Waals surface area contributed by atoms with E-state index in [1.807, 2.05) is 19.9 Å². The van der Waals surface area contributed by atoms with Crippen LogP contribution in [-0.4, -0.2) is 30.0 Å². The van der Waals surface area contributed by atoms with Crippen molar-refractivity contribution in [3.8, 4) is 17.2 Å². The fourth-order valence-electron chi connectivity index (χ4n) is 5.54. The summed E-state index contributed by atoms with van der Waals surface area (Å²) in [5.74, 6) is -0.656. The zero-order valence-corrected chi connectivity index (χ0v) is 19.4. The van der Waals surface area contributed by atoms with Crippen molar-refractivity contribution >= 4 is 11.9 Å². The second-order valence-corrected chi connectivity index (χ2v) is 10.1. The molecule has 3 heterocycles. The molecule has 0 radical (unpaired) electrons. The summed E-state index contributed by atoms with van der Waals surface area (Å²) in [6.45, 7) is 3.66. The maximum absolute atomic E-state index is 15.0. The predicted octanol–water partition coefficient (Wildman–Crippen LogP) is 3.98. The Balaban J connectivity index is 1.30. The van der Waals surface area contributed by atoms with Crippen LogP contribution in [0.4, 0.5) is 4.39 Å². The molecule has 6 nitrogen and oxygen atoms in total. The zero-order chi connectivity index (χ0) is 24.0. The van der Waals surface area contributed by atoms with Crippen LogP contribution in [0.1, 0.15) is 61.0 Å². The number of rotatable bonds is 5. The summed E-state index contributed by atoms with van der Waals surface area (Å²) < 4.78 is 20.4. The molecule has 2 atom stereocenters. The molecule has 1 amide bonds. The van der Waals surface area contributed by atoms with Gasteiger partial charge in [0.15, 0.2) is 0 Å². The third kappa shape index (κ3) is 4.07. The lowest BCUT2D eigenvalue weighted by molar-refractivity contribution is -0.127. The number of nitrogens with one attached hydrogen (secondary N) is 2. The van der Waals surface area contributed by atoms with Gasteiger partial charge in [-0.15, -0.1) is 0 Å². The summed E-state index contributed by atoms with van der Waals surface area (Å²) in [6, 6.07) is 11.6. The number of carbonyl (C=O) groups excluding carboxylic acids is 2.